The Balaban J connectivity index is 0.000000480. The van der Waals surface area contributed by atoms with E-state index in [4.69, 9.17) is 4.84 Å². The minimum atomic E-state index is -10.7. The molecule has 0 spiro atoms. The molecule has 0 aliphatic rings. The summed E-state index contributed by atoms with van der Waals surface area (Å²) in [4.78, 5) is 9.60. The van der Waals surface area contributed by atoms with E-state index in [0.29, 0.717) is 0 Å². The van der Waals surface area contributed by atoms with Gasteiger partial charge < -0.3 is 0 Å². The molecule has 0 saturated heterocycles. The fraction of sp³-hybridized carbons (Fsp3) is 0.533. The van der Waals surface area contributed by atoms with Gasteiger partial charge in [0.2, 0.25) is 0 Å². The third-order valence-electron chi connectivity index (χ3n) is 3.26. The number of hydrogen-bond donors (Lipinski definition) is 0. The van der Waals surface area contributed by atoms with E-state index in [1.165, 1.54) is 4.85 Å². The number of para-hydroxylation sites is 1. The second kappa shape index (κ2) is 8.10. The van der Waals surface area contributed by atoms with Crippen molar-refractivity contribution in [2.24, 2.45) is 0 Å². The first-order chi connectivity index (χ1) is 12.6. The van der Waals surface area contributed by atoms with Gasteiger partial charge in [0.1, 0.15) is 11.0 Å². The van der Waals surface area contributed by atoms with Crippen LogP contribution in [0.2, 0.25) is 0 Å². The van der Waals surface area contributed by atoms with Crippen molar-refractivity contribution in [3.8, 4) is 0 Å². The first-order valence-corrected chi connectivity index (χ1v) is 10.5. The van der Waals surface area contributed by atoms with Crippen molar-refractivity contribution in [2.75, 3.05) is 27.2 Å². The molecule has 0 unspecified atom stereocenters. The number of benzene rings is 1. The van der Waals surface area contributed by atoms with Gasteiger partial charge in [-0.05, 0) is 30.2 Å². The van der Waals surface area contributed by atoms with Gasteiger partial charge in [-0.15, -0.1) is 5.10 Å². The van der Waals surface area contributed by atoms with E-state index in [0.717, 1.165) is 43.0 Å². The van der Waals surface area contributed by atoms with E-state index in [1.54, 1.807) is 0 Å². The van der Waals surface area contributed by atoms with Crippen LogP contribution in [0.3, 0.4) is 0 Å². The van der Waals surface area contributed by atoms with E-state index in [-0.39, 0.29) is 0 Å². The summed E-state index contributed by atoms with van der Waals surface area (Å²) < 4.78 is 61.3. The summed E-state index contributed by atoms with van der Waals surface area (Å²) in [6.07, 6.45) is 2.11. The Labute approximate surface area is 158 Å². The summed E-state index contributed by atoms with van der Waals surface area (Å²) in [5, 5.41) is 8.21. The summed E-state index contributed by atoms with van der Waals surface area (Å²) in [6, 6.07) is 8.56. The van der Waals surface area contributed by atoms with Gasteiger partial charge >= 0.3 is 39.0 Å². The van der Waals surface area contributed by atoms with E-state index >= 15 is 0 Å². The van der Waals surface area contributed by atoms with Crippen LogP contribution in [-0.4, -0.2) is 57.8 Å². The van der Waals surface area contributed by atoms with E-state index < -0.39 is 7.81 Å². The molecule has 0 saturated carbocycles. The van der Waals surface area contributed by atoms with Crippen LogP contribution in [-0.2, 0) is 0 Å². The van der Waals surface area contributed by atoms with Crippen LogP contribution < -0.4 is 4.84 Å². The van der Waals surface area contributed by atoms with Gasteiger partial charge in [0.05, 0.1) is 27.2 Å². The molecule has 28 heavy (non-hydrogen) atoms. The second-order valence-corrected chi connectivity index (χ2v) is 8.04. The van der Waals surface area contributed by atoms with Crippen LogP contribution in [0.25, 0.3) is 11.0 Å². The zero-order valence-electron chi connectivity index (χ0n) is 16.0. The average Bonchev–Trinajstić information content (AvgIpc) is 2.93. The number of amidine groups is 1. The van der Waals surface area contributed by atoms with Crippen molar-refractivity contribution in [1.29, 1.82) is 0 Å². The fourth-order valence-electron chi connectivity index (χ4n) is 2.29. The molecule has 0 radical (unpaired) electrons. The predicted octanol–water partition coefficient (Wildman–Crippen LogP) is 4.99. The number of nitrogens with zero attached hydrogens (tertiary/aromatic N) is 5. The van der Waals surface area contributed by atoms with E-state index in [2.05, 4.69) is 33.6 Å². The van der Waals surface area contributed by atoms with Gasteiger partial charge in [-0.2, -0.15) is 0 Å². The number of halogens is 6. The average molecular weight is 435 g/mol. The first kappa shape index (κ1) is 23.9. The predicted molar refractivity (Wildman–Crippen MR) is 96.9 cm³/mol. The van der Waals surface area contributed by atoms with Crippen molar-refractivity contribution in [1.82, 2.24) is 20.1 Å². The molecule has 0 atom stereocenters. The van der Waals surface area contributed by atoms with Crippen LogP contribution >= 0.6 is 7.81 Å². The monoisotopic (exact) mass is 435 g/mol. The van der Waals surface area contributed by atoms with Gasteiger partial charge in [0, 0.05) is 0 Å². The molecule has 0 fully saturated rings. The molecule has 1 aromatic carbocycles. The quantitative estimate of drug-likeness (QED) is 0.218. The summed E-state index contributed by atoms with van der Waals surface area (Å²) in [5.74, 6) is 0. The Morgan fingerprint density at radius 1 is 1.11 bits per heavy atom. The molecule has 13 heteroatoms. The number of hydrogen-bond acceptors (Lipinski definition) is 3. The Morgan fingerprint density at radius 2 is 1.68 bits per heavy atom. The van der Waals surface area contributed by atoms with Crippen LogP contribution in [0.5, 0.6) is 0 Å². The van der Waals surface area contributed by atoms with Gasteiger partial charge in [-0.25, -0.2) is 9.48 Å². The van der Waals surface area contributed by atoms with Crippen molar-refractivity contribution in [2.45, 2.75) is 26.7 Å². The summed E-state index contributed by atoms with van der Waals surface area (Å²) in [6.45, 7) is 6.16. The fourth-order valence-corrected chi connectivity index (χ4v) is 2.29. The molecule has 0 amide bonds. The normalized spacial score (nSPS) is 15.1. The molecule has 2 rings (SSSR count). The van der Waals surface area contributed by atoms with Gasteiger partial charge in [0.25, 0.3) is 0 Å². The van der Waals surface area contributed by atoms with Crippen molar-refractivity contribution in [3.05, 3.63) is 24.3 Å². The van der Waals surface area contributed by atoms with Gasteiger partial charge in [0.15, 0.2) is 0 Å². The van der Waals surface area contributed by atoms with E-state index in [1.807, 2.05) is 38.4 Å². The van der Waals surface area contributed by atoms with Gasteiger partial charge in [-0.3, -0.25) is 4.84 Å². The third-order valence-corrected chi connectivity index (χ3v) is 3.26. The molecule has 2 aromatic rings. The molecule has 1 heterocycles. The first-order valence-electron chi connectivity index (χ1n) is 8.46. The maximum absolute atomic E-state index is 10.7. The number of rotatable bonds is 5. The number of fused-ring (bicyclic) bond motifs is 1. The summed E-state index contributed by atoms with van der Waals surface area (Å²) >= 11 is 0. The molecule has 1 aromatic heterocycles. The second-order valence-electron chi connectivity index (χ2n) is 6.13. The zero-order valence-corrected chi connectivity index (χ0v) is 16.9. The van der Waals surface area contributed by atoms with Crippen LogP contribution in [0.4, 0.5) is 25.2 Å². The molecule has 6 nitrogen and oxygen atoms in total. The molecule has 0 bridgehead atoms. The SMILES string of the molecule is CCCN(C)C(On1nnc2ccccc21)=[N+](C)CCC.F[P-](F)(F)(F)(F)F. The third kappa shape index (κ3) is 9.72. The molecule has 0 aliphatic carbocycles. The van der Waals surface area contributed by atoms with Crippen LogP contribution in [0, 0.1) is 0 Å². The topological polar surface area (TPSA) is 46.2 Å². The molecule has 0 aliphatic heterocycles. The Bertz CT molecular complexity index is 810. The van der Waals surface area contributed by atoms with Crippen LogP contribution in [0.15, 0.2) is 24.3 Å². The molecule has 0 N–H and O–H groups in total. The standard InChI is InChI=1S/C15H24N5O.F6P/c1-5-11-18(3)15(19(4)12-6-2)21-20-14-10-8-7-9-13(14)16-17-20;1-7(2,3,4,5)6/h7-10H,5-6,11-12H2,1-4H3;/q+1;-1. The van der Waals surface area contributed by atoms with Gasteiger partial charge in [-0.1, -0.05) is 30.8 Å². The Morgan fingerprint density at radius 3 is 2.21 bits per heavy atom. The summed E-state index contributed by atoms with van der Waals surface area (Å²) in [5.41, 5.74) is 1.69. The molecular weight excluding hydrogens is 411 g/mol. The van der Waals surface area contributed by atoms with Crippen molar-refractivity contribution < 1.29 is 34.6 Å². The Hall–Kier alpha value is -2.10. The zero-order chi connectivity index (χ0) is 21.7. The van der Waals surface area contributed by atoms with Crippen LogP contribution in [0.1, 0.15) is 26.7 Å². The number of aromatic nitrogens is 3. The minimum absolute atomic E-state index is 0.786. The maximum atomic E-state index is 9.87. The Kier molecular flexibility index (Phi) is 6.93. The van der Waals surface area contributed by atoms with Crippen molar-refractivity contribution >= 4 is 24.9 Å². The van der Waals surface area contributed by atoms with E-state index in [9.17, 15) is 25.2 Å². The summed E-state index contributed by atoms with van der Waals surface area (Å²) in [7, 11) is -6.59. The molecular formula is C15H24F6N5OP. The molecule has 162 valence electrons. The van der Waals surface area contributed by atoms with Crippen molar-refractivity contribution in [3.63, 3.8) is 0 Å².